The zero-order valence-electron chi connectivity index (χ0n) is 16.4. The van der Waals surface area contributed by atoms with Crippen molar-refractivity contribution < 1.29 is 10.2 Å². The number of aliphatic hydroxyl groups excluding tert-OH is 2. The smallest absolute Gasteiger partial charge is 0.0597 e. The molecular weight excluding hydrogens is 465 g/mol. The second-order valence-corrected chi connectivity index (χ2v) is 15.9. The Balaban J connectivity index is 1.46. The van der Waals surface area contributed by atoms with Crippen molar-refractivity contribution in [1.29, 1.82) is 0 Å². The van der Waals surface area contributed by atoms with Crippen LogP contribution in [0.1, 0.15) is 35.5 Å². The Morgan fingerprint density at radius 2 is 1.36 bits per heavy atom. The predicted molar refractivity (Wildman–Crippen MR) is 138 cm³/mol. The predicted octanol–water partition coefficient (Wildman–Crippen LogP) is 5.61. The molecule has 2 aliphatic rings. The van der Waals surface area contributed by atoms with Crippen LogP contribution in [-0.4, -0.2) is 66.1 Å². The van der Waals surface area contributed by atoms with Crippen LogP contribution in [-0.2, 0) is 0 Å². The van der Waals surface area contributed by atoms with Crippen LogP contribution in [0.3, 0.4) is 0 Å². The van der Waals surface area contributed by atoms with Crippen molar-refractivity contribution >= 4 is 70.6 Å². The van der Waals surface area contributed by atoms with Gasteiger partial charge in [-0.3, -0.25) is 0 Å². The van der Waals surface area contributed by atoms with E-state index in [1.54, 1.807) is 0 Å². The van der Waals surface area contributed by atoms with Crippen molar-refractivity contribution in [1.82, 2.24) is 0 Å². The molecule has 6 unspecified atom stereocenters. The van der Waals surface area contributed by atoms with Crippen molar-refractivity contribution in [3.8, 4) is 0 Å². The van der Waals surface area contributed by atoms with Gasteiger partial charge < -0.3 is 10.2 Å². The molecule has 0 aromatic heterocycles. The highest BCUT2D eigenvalue weighted by Crippen LogP contribution is 2.44. The molecule has 1 aromatic carbocycles. The van der Waals surface area contributed by atoms with Gasteiger partial charge in [-0.05, 0) is 25.0 Å². The van der Waals surface area contributed by atoms with Gasteiger partial charge >= 0.3 is 0 Å². The second kappa shape index (κ2) is 12.3. The molecular formula is C20H30O2S6. The number of hydrogen-bond donors (Lipinski definition) is 2. The number of benzene rings is 1. The standard InChI is InChI=1S/C20H30O2S6/c1-13(23-11-19-25-9-17(7-21)27-19)15-4-3-5-16(6-15)14(2)24-12-20-26-10-18(8-22)28-20/h3-6,13-14,17-22H,7-12H2,1-2H3. The average molecular weight is 495 g/mol. The lowest BCUT2D eigenvalue weighted by Gasteiger charge is -2.18. The average Bonchev–Trinajstić information content (AvgIpc) is 3.39. The zero-order chi connectivity index (χ0) is 19.9. The van der Waals surface area contributed by atoms with Gasteiger partial charge in [0.15, 0.2) is 0 Å². The van der Waals surface area contributed by atoms with Gasteiger partial charge in [-0.1, -0.05) is 24.3 Å². The van der Waals surface area contributed by atoms with E-state index in [4.69, 9.17) is 0 Å². The summed E-state index contributed by atoms with van der Waals surface area (Å²) in [4.78, 5) is 0. The Kier molecular flexibility index (Phi) is 10.5. The fourth-order valence-electron chi connectivity index (χ4n) is 3.08. The first-order valence-electron chi connectivity index (χ1n) is 9.68. The number of hydrogen-bond acceptors (Lipinski definition) is 8. The van der Waals surface area contributed by atoms with E-state index in [0.29, 0.717) is 43.4 Å². The second-order valence-electron chi connectivity index (χ2n) is 7.03. The van der Waals surface area contributed by atoms with Gasteiger partial charge in [-0.2, -0.15) is 23.5 Å². The molecule has 2 heterocycles. The Bertz CT molecular complexity index is 557. The molecule has 3 rings (SSSR count). The van der Waals surface area contributed by atoms with Crippen LogP contribution in [0.2, 0.25) is 0 Å². The highest BCUT2D eigenvalue weighted by atomic mass is 32.2. The lowest BCUT2D eigenvalue weighted by atomic mass is 10.1. The molecule has 2 fully saturated rings. The van der Waals surface area contributed by atoms with E-state index in [1.807, 2.05) is 70.6 Å². The summed E-state index contributed by atoms with van der Waals surface area (Å²) in [6.07, 6.45) is 0. The SMILES string of the molecule is CC(SCC1SCC(CO)S1)c1cccc(C(C)SCC2SCC(CO)S2)c1. The first-order chi connectivity index (χ1) is 13.6. The maximum Gasteiger partial charge on any atom is 0.0597 e. The van der Waals surface area contributed by atoms with E-state index >= 15 is 0 Å². The molecule has 158 valence electrons. The summed E-state index contributed by atoms with van der Waals surface area (Å²) in [7, 11) is 0. The van der Waals surface area contributed by atoms with E-state index < -0.39 is 0 Å². The third-order valence-electron chi connectivity index (χ3n) is 4.85. The maximum atomic E-state index is 9.30. The summed E-state index contributed by atoms with van der Waals surface area (Å²) in [5, 5.41) is 20.5. The van der Waals surface area contributed by atoms with Gasteiger partial charge in [0.25, 0.3) is 0 Å². The van der Waals surface area contributed by atoms with Gasteiger partial charge in [0.2, 0.25) is 0 Å². The van der Waals surface area contributed by atoms with Crippen LogP contribution < -0.4 is 0 Å². The summed E-state index contributed by atoms with van der Waals surface area (Å²) in [5.74, 6) is 4.45. The van der Waals surface area contributed by atoms with Gasteiger partial charge in [0.1, 0.15) is 0 Å². The molecule has 6 atom stereocenters. The highest BCUT2D eigenvalue weighted by Gasteiger charge is 2.27. The molecule has 2 nitrogen and oxygen atoms in total. The normalized spacial score (nSPS) is 29.9. The number of aliphatic hydroxyl groups is 2. The summed E-state index contributed by atoms with van der Waals surface area (Å²) >= 11 is 12.0. The third kappa shape index (κ3) is 7.14. The number of thioether (sulfide) groups is 6. The van der Waals surface area contributed by atoms with Crippen molar-refractivity contribution in [2.45, 2.75) is 44.0 Å². The van der Waals surface area contributed by atoms with E-state index in [9.17, 15) is 10.2 Å². The van der Waals surface area contributed by atoms with Crippen LogP contribution >= 0.6 is 70.6 Å². The Morgan fingerprint density at radius 3 is 1.75 bits per heavy atom. The van der Waals surface area contributed by atoms with Gasteiger partial charge in [0, 0.05) is 44.0 Å². The third-order valence-corrected chi connectivity index (χ3v) is 14.8. The minimum absolute atomic E-state index is 0.310. The first kappa shape index (κ1) is 23.9. The molecule has 0 spiro atoms. The Morgan fingerprint density at radius 1 is 0.893 bits per heavy atom. The zero-order valence-corrected chi connectivity index (χ0v) is 21.3. The van der Waals surface area contributed by atoms with Crippen LogP contribution in [0, 0.1) is 0 Å². The molecule has 0 saturated carbocycles. The quantitative estimate of drug-likeness (QED) is 0.435. The van der Waals surface area contributed by atoms with Gasteiger partial charge in [-0.25, -0.2) is 0 Å². The highest BCUT2D eigenvalue weighted by molar-refractivity contribution is 8.22. The topological polar surface area (TPSA) is 40.5 Å². The van der Waals surface area contributed by atoms with Crippen LogP contribution in [0.5, 0.6) is 0 Å². The number of rotatable bonds is 10. The lowest BCUT2D eigenvalue weighted by molar-refractivity contribution is 0.301. The summed E-state index contributed by atoms with van der Waals surface area (Å²) in [6, 6.07) is 9.13. The van der Waals surface area contributed by atoms with E-state index in [0.717, 1.165) is 23.0 Å². The molecule has 0 radical (unpaired) electrons. The minimum atomic E-state index is 0.310. The summed E-state index contributed by atoms with van der Waals surface area (Å²) < 4.78 is 1.23. The monoisotopic (exact) mass is 494 g/mol. The lowest BCUT2D eigenvalue weighted by Crippen LogP contribution is -2.07. The van der Waals surface area contributed by atoms with Gasteiger partial charge in [0.05, 0.1) is 22.4 Å². The molecule has 2 aliphatic heterocycles. The fraction of sp³-hybridized carbons (Fsp3) is 0.700. The van der Waals surface area contributed by atoms with Gasteiger partial charge in [-0.15, -0.1) is 47.0 Å². The molecule has 0 bridgehead atoms. The van der Waals surface area contributed by atoms with E-state index in [1.165, 1.54) is 11.1 Å². The molecule has 28 heavy (non-hydrogen) atoms. The Labute approximate surface area is 195 Å². The fourth-order valence-corrected chi connectivity index (χ4v) is 12.2. The van der Waals surface area contributed by atoms with E-state index in [-0.39, 0.29) is 0 Å². The molecule has 2 N–H and O–H groups in total. The molecule has 0 aliphatic carbocycles. The van der Waals surface area contributed by atoms with Crippen LogP contribution in [0.25, 0.3) is 0 Å². The minimum Gasteiger partial charge on any atom is -0.395 e. The first-order valence-corrected chi connectivity index (χ1v) is 15.8. The summed E-state index contributed by atoms with van der Waals surface area (Å²) in [5.41, 5.74) is 2.85. The van der Waals surface area contributed by atoms with Crippen molar-refractivity contribution in [3.05, 3.63) is 35.4 Å². The van der Waals surface area contributed by atoms with Crippen molar-refractivity contribution in [3.63, 3.8) is 0 Å². The van der Waals surface area contributed by atoms with Crippen molar-refractivity contribution in [2.24, 2.45) is 0 Å². The molecule has 8 heteroatoms. The largest absolute Gasteiger partial charge is 0.395 e. The maximum absolute atomic E-state index is 9.30. The van der Waals surface area contributed by atoms with Crippen LogP contribution in [0.4, 0.5) is 0 Å². The molecule has 0 amide bonds. The van der Waals surface area contributed by atoms with Crippen molar-refractivity contribution in [2.75, 3.05) is 36.2 Å². The van der Waals surface area contributed by atoms with Crippen LogP contribution in [0.15, 0.2) is 24.3 Å². The summed E-state index contributed by atoms with van der Waals surface area (Å²) in [6.45, 7) is 5.25. The van der Waals surface area contributed by atoms with E-state index in [2.05, 4.69) is 38.1 Å². The molecule has 1 aromatic rings. The Hall–Kier alpha value is 1.24. The molecule has 2 saturated heterocycles.